The molecule has 2 aromatic rings. The van der Waals surface area contributed by atoms with Gasteiger partial charge in [-0.15, -0.1) is 0 Å². The number of rotatable bonds is 1. The number of hydrogen-bond acceptors (Lipinski definition) is 3. The highest BCUT2D eigenvalue weighted by molar-refractivity contribution is 6.06. The van der Waals surface area contributed by atoms with Gasteiger partial charge in [0.05, 0.1) is 0 Å². The zero-order valence-corrected chi connectivity index (χ0v) is 10.1. The van der Waals surface area contributed by atoms with E-state index < -0.39 is 0 Å². The standard InChI is InChI=1S/C14H14N2O2/c1-9-5-6-13(18-9)14(17)16-8-7-10-11(15)3-2-4-12(10)16/h2-6H,7-8,15H2,1H3. The van der Waals surface area contributed by atoms with E-state index in [0.717, 1.165) is 29.1 Å². The number of carbonyl (C=O) groups is 1. The topological polar surface area (TPSA) is 59.5 Å². The van der Waals surface area contributed by atoms with Crippen molar-refractivity contribution in [2.45, 2.75) is 13.3 Å². The van der Waals surface area contributed by atoms with Crippen LogP contribution in [-0.4, -0.2) is 12.5 Å². The fourth-order valence-electron chi connectivity index (χ4n) is 2.35. The molecule has 1 amide bonds. The maximum absolute atomic E-state index is 12.3. The largest absolute Gasteiger partial charge is 0.456 e. The molecule has 0 atom stereocenters. The molecule has 0 unspecified atom stereocenters. The molecule has 0 saturated carbocycles. The molecule has 2 heterocycles. The number of nitrogens with zero attached hydrogens (tertiary/aromatic N) is 1. The lowest BCUT2D eigenvalue weighted by atomic mass is 10.1. The Kier molecular flexibility index (Phi) is 2.37. The summed E-state index contributed by atoms with van der Waals surface area (Å²) in [7, 11) is 0. The highest BCUT2D eigenvalue weighted by Gasteiger charge is 2.28. The zero-order valence-electron chi connectivity index (χ0n) is 10.1. The maximum atomic E-state index is 12.3. The number of carbonyl (C=O) groups excluding carboxylic acids is 1. The van der Waals surface area contributed by atoms with Crippen LogP contribution in [-0.2, 0) is 6.42 Å². The summed E-state index contributed by atoms with van der Waals surface area (Å²) in [5, 5.41) is 0. The number of nitrogen functional groups attached to an aromatic ring is 1. The van der Waals surface area contributed by atoms with Crippen molar-refractivity contribution in [3.05, 3.63) is 47.4 Å². The summed E-state index contributed by atoms with van der Waals surface area (Å²) in [4.78, 5) is 14.1. The van der Waals surface area contributed by atoms with Crippen LogP contribution in [0.2, 0.25) is 0 Å². The normalized spacial score (nSPS) is 13.7. The van der Waals surface area contributed by atoms with Crippen molar-refractivity contribution in [1.82, 2.24) is 0 Å². The number of hydrogen-bond donors (Lipinski definition) is 1. The first-order valence-electron chi connectivity index (χ1n) is 5.92. The molecule has 4 nitrogen and oxygen atoms in total. The molecule has 0 bridgehead atoms. The van der Waals surface area contributed by atoms with Crippen LogP contribution in [0.3, 0.4) is 0 Å². The Morgan fingerprint density at radius 3 is 2.89 bits per heavy atom. The number of fused-ring (bicyclic) bond motifs is 1. The lowest BCUT2D eigenvalue weighted by molar-refractivity contribution is 0.0961. The lowest BCUT2D eigenvalue weighted by Gasteiger charge is -2.15. The van der Waals surface area contributed by atoms with Crippen LogP contribution in [0.4, 0.5) is 11.4 Å². The van der Waals surface area contributed by atoms with Crippen molar-refractivity contribution < 1.29 is 9.21 Å². The van der Waals surface area contributed by atoms with E-state index in [0.29, 0.717) is 12.3 Å². The Labute approximate surface area is 105 Å². The molecular formula is C14H14N2O2. The van der Waals surface area contributed by atoms with Gasteiger partial charge in [-0.2, -0.15) is 0 Å². The van der Waals surface area contributed by atoms with Gasteiger partial charge in [0.2, 0.25) is 0 Å². The minimum atomic E-state index is -0.104. The van der Waals surface area contributed by atoms with Gasteiger partial charge in [0.15, 0.2) is 5.76 Å². The Morgan fingerprint density at radius 2 is 2.17 bits per heavy atom. The second kappa shape index (κ2) is 3.91. The Balaban J connectivity index is 1.97. The summed E-state index contributed by atoms with van der Waals surface area (Å²) in [6, 6.07) is 9.16. The Morgan fingerprint density at radius 1 is 1.33 bits per heavy atom. The fourth-order valence-corrected chi connectivity index (χ4v) is 2.35. The molecule has 92 valence electrons. The van der Waals surface area contributed by atoms with Gasteiger partial charge in [-0.05, 0) is 37.6 Å². The van der Waals surface area contributed by atoms with Crippen molar-refractivity contribution in [2.24, 2.45) is 0 Å². The molecular weight excluding hydrogens is 228 g/mol. The molecule has 0 saturated heterocycles. The molecule has 3 rings (SSSR count). The third kappa shape index (κ3) is 1.57. The Hall–Kier alpha value is -2.23. The van der Waals surface area contributed by atoms with E-state index in [9.17, 15) is 4.79 Å². The highest BCUT2D eigenvalue weighted by Crippen LogP contribution is 2.33. The van der Waals surface area contributed by atoms with Crippen LogP contribution in [0.1, 0.15) is 21.9 Å². The number of anilines is 2. The van der Waals surface area contributed by atoms with Gasteiger partial charge in [-0.3, -0.25) is 4.79 Å². The smallest absolute Gasteiger partial charge is 0.293 e. The van der Waals surface area contributed by atoms with E-state index in [1.165, 1.54) is 0 Å². The van der Waals surface area contributed by atoms with Crippen molar-refractivity contribution in [3.63, 3.8) is 0 Å². The summed E-state index contributed by atoms with van der Waals surface area (Å²) < 4.78 is 5.38. The van der Waals surface area contributed by atoms with Crippen molar-refractivity contribution in [1.29, 1.82) is 0 Å². The molecule has 0 spiro atoms. The zero-order chi connectivity index (χ0) is 12.7. The van der Waals surface area contributed by atoms with Crippen LogP contribution in [0.15, 0.2) is 34.7 Å². The van der Waals surface area contributed by atoms with E-state index in [-0.39, 0.29) is 5.91 Å². The molecule has 1 aromatic carbocycles. The van der Waals surface area contributed by atoms with Gasteiger partial charge < -0.3 is 15.1 Å². The van der Waals surface area contributed by atoms with Crippen molar-refractivity contribution >= 4 is 17.3 Å². The van der Waals surface area contributed by atoms with Crippen LogP contribution in [0.5, 0.6) is 0 Å². The average molecular weight is 242 g/mol. The van der Waals surface area contributed by atoms with Gasteiger partial charge in [0.1, 0.15) is 5.76 Å². The summed E-state index contributed by atoms with van der Waals surface area (Å²) >= 11 is 0. The summed E-state index contributed by atoms with van der Waals surface area (Å²) in [5.41, 5.74) is 8.61. The molecule has 4 heteroatoms. The van der Waals surface area contributed by atoms with Gasteiger partial charge in [-0.25, -0.2) is 0 Å². The predicted octanol–water partition coefficient (Wildman–Crippen LogP) is 2.37. The van der Waals surface area contributed by atoms with Crippen molar-refractivity contribution in [2.75, 3.05) is 17.2 Å². The number of aryl methyl sites for hydroxylation is 1. The van der Waals surface area contributed by atoms with Crippen molar-refractivity contribution in [3.8, 4) is 0 Å². The first kappa shape index (κ1) is 10.9. The van der Waals surface area contributed by atoms with Crippen LogP contribution >= 0.6 is 0 Å². The summed E-state index contributed by atoms with van der Waals surface area (Å²) in [6.07, 6.45) is 0.799. The summed E-state index contributed by atoms with van der Waals surface area (Å²) in [6.45, 7) is 2.48. The number of amides is 1. The molecule has 0 fully saturated rings. The van der Waals surface area contributed by atoms with E-state index in [1.807, 2.05) is 25.1 Å². The maximum Gasteiger partial charge on any atom is 0.293 e. The van der Waals surface area contributed by atoms with Crippen LogP contribution in [0.25, 0.3) is 0 Å². The number of nitrogens with two attached hydrogens (primary N) is 1. The SMILES string of the molecule is Cc1ccc(C(=O)N2CCc3c(N)cccc32)o1. The van der Waals surface area contributed by atoms with Gasteiger partial charge in [0.25, 0.3) is 5.91 Å². The first-order valence-corrected chi connectivity index (χ1v) is 5.92. The first-order chi connectivity index (χ1) is 8.66. The second-order valence-electron chi connectivity index (χ2n) is 4.46. The minimum Gasteiger partial charge on any atom is -0.456 e. The van der Waals surface area contributed by atoms with Crippen LogP contribution in [0, 0.1) is 6.92 Å². The second-order valence-corrected chi connectivity index (χ2v) is 4.46. The molecule has 2 N–H and O–H groups in total. The quantitative estimate of drug-likeness (QED) is 0.781. The van der Waals surface area contributed by atoms with E-state index >= 15 is 0 Å². The van der Waals surface area contributed by atoms with Gasteiger partial charge >= 0.3 is 0 Å². The molecule has 1 aliphatic rings. The van der Waals surface area contributed by atoms with Gasteiger partial charge in [0, 0.05) is 23.5 Å². The fraction of sp³-hybridized carbons (Fsp3) is 0.214. The van der Waals surface area contributed by atoms with E-state index in [4.69, 9.17) is 10.2 Å². The average Bonchev–Trinajstić information content (AvgIpc) is 2.95. The van der Waals surface area contributed by atoms with Gasteiger partial charge in [-0.1, -0.05) is 6.07 Å². The predicted molar refractivity (Wildman–Crippen MR) is 69.7 cm³/mol. The Bertz CT molecular complexity index is 616. The van der Waals surface area contributed by atoms with Crippen LogP contribution < -0.4 is 10.6 Å². The molecule has 0 radical (unpaired) electrons. The molecule has 1 aliphatic heterocycles. The lowest BCUT2D eigenvalue weighted by Crippen LogP contribution is -2.28. The number of furan rings is 1. The van der Waals surface area contributed by atoms with E-state index in [2.05, 4.69) is 0 Å². The minimum absolute atomic E-state index is 0.104. The molecule has 18 heavy (non-hydrogen) atoms. The monoisotopic (exact) mass is 242 g/mol. The molecule has 0 aliphatic carbocycles. The highest BCUT2D eigenvalue weighted by atomic mass is 16.3. The third-order valence-corrected chi connectivity index (χ3v) is 3.26. The van der Waals surface area contributed by atoms with E-state index in [1.54, 1.807) is 17.0 Å². The molecule has 1 aromatic heterocycles. The summed E-state index contributed by atoms with van der Waals surface area (Å²) in [5.74, 6) is 1.01. The number of benzene rings is 1. The third-order valence-electron chi connectivity index (χ3n) is 3.26.